The third-order valence-corrected chi connectivity index (χ3v) is 4.22. The van der Waals surface area contributed by atoms with Crippen LogP contribution < -0.4 is 4.74 Å². The zero-order valence-corrected chi connectivity index (χ0v) is 15.2. The third-order valence-electron chi connectivity index (χ3n) is 4.22. The molecule has 1 aromatic carbocycles. The summed E-state index contributed by atoms with van der Waals surface area (Å²) in [7, 11) is 0. The van der Waals surface area contributed by atoms with Crippen molar-refractivity contribution in [2.24, 2.45) is 0 Å². The van der Waals surface area contributed by atoms with Crippen molar-refractivity contribution < 1.29 is 14.6 Å². The topological polar surface area (TPSA) is 46.5 Å². The summed E-state index contributed by atoms with van der Waals surface area (Å²) in [5, 5.41) is 9.10. The molecule has 0 bridgehead atoms. The van der Waals surface area contributed by atoms with Gasteiger partial charge in [0.1, 0.15) is 5.75 Å². The van der Waals surface area contributed by atoms with Crippen molar-refractivity contribution in [2.45, 2.75) is 85.5 Å². The second kappa shape index (κ2) is 10.3. The molecule has 0 radical (unpaired) electrons. The van der Waals surface area contributed by atoms with Crippen molar-refractivity contribution in [3.05, 3.63) is 28.3 Å². The van der Waals surface area contributed by atoms with E-state index < -0.39 is 6.16 Å². The minimum atomic E-state index is -1.21. The monoisotopic (exact) mass is 320 g/mol. The van der Waals surface area contributed by atoms with Crippen LogP contribution in [0.3, 0.4) is 0 Å². The van der Waals surface area contributed by atoms with Gasteiger partial charge in [-0.2, -0.15) is 0 Å². The molecule has 0 saturated heterocycles. The molecule has 0 aliphatic carbocycles. The lowest BCUT2D eigenvalue weighted by molar-refractivity contribution is 0.144. The maximum Gasteiger partial charge on any atom is 0.511 e. The number of hydrogen-bond donors (Lipinski definition) is 1. The Labute approximate surface area is 141 Å². The SMILES string of the molecule is CCCCc1cc(OC(=O)O)c(CCC)c(CCC)c1CCC. The van der Waals surface area contributed by atoms with Gasteiger partial charge in [0, 0.05) is 0 Å². The Kier molecular flexibility index (Phi) is 8.75. The molecule has 0 amide bonds. The third kappa shape index (κ3) is 5.56. The Hall–Kier alpha value is -1.51. The molecule has 0 aromatic heterocycles. The van der Waals surface area contributed by atoms with E-state index in [4.69, 9.17) is 9.84 Å². The molecule has 23 heavy (non-hydrogen) atoms. The van der Waals surface area contributed by atoms with Crippen molar-refractivity contribution in [3.63, 3.8) is 0 Å². The quantitative estimate of drug-likeness (QED) is 0.428. The molecular formula is C20H32O3. The number of unbranched alkanes of at least 4 members (excludes halogenated alkanes) is 1. The van der Waals surface area contributed by atoms with E-state index in [0.29, 0.717) is 5.75 Å². The molecule has 1 aromatic rings. The van der Waals surface area contributed by atoms with Crippen LogP contribution in [-0.4, -0.2) is 11.3 Å². The smallest absolute Gasteiger partial charge is 0.449 e. The Bertz CT molecular complexity index is 506. The molecule has 130 valence electrons. The maximum atomic E-state index is 11.1. The lowest BCUT2D eigenvalue weighted by atomic mass is 9.86. The first-order valence-electron chi connectivity index (χ1n) is 9.16. The van der Waals surface area contributed by atoms with Gasteiger partial charge in [-0.05, 0) is 60.4 Å². The van der Waals surface area contributed by atoms with Crippen molar-refractivity contribution in [1.82, 2.24) is 0 Å². The largest absolute Gasteiger partial charge is 0.511 e. The summed E-state index contributed by atoms with van der Waals surface area (Å²) in [4.78, 5) is 11.1. The number of aryl methyl sites for hydroxylation is 1. The number of rotatable bonds is 10. The molecule has 0 aliphatic rings. The van der Waals surface area contributed by atoms with Crippen LogP contribution in [0.1, 0.15) is 82.1 Å². The van der Waals surface area contributed by atoms with Gasteiger partial charge in [-0.25, -0.2) is 4.79 Å². The minimum Gasteiger partial charge on any atom is -0.449 e. The van der Waals surface area contributed by atoms with Crippen molar-refractivity contribution in [2.75, 3.05) is 0 Å². The van der Waals surface area contributed by atoms with Gasteiger partial charge in [0.25, 0.3) is 0 Å². The van der Waals surface area contributed by atoms with Gasteiger partial charge in [-0.15, -0.1) is 0 Å². The average molecular weight is 320 g/mol. The first-order valence-corrected chi connectivity index (χ1v) is 9.16. The van der Waals surface area contributed by atoms with Crippen LogP contribution in [0.25, 0.3) is 0 Å². The van der Waals surface area contributed by atoms with E-state index in [1.807, 2.05) is 6.07 Å². The summed E-state index contributed by atoms with van der Waals surface area (Å²) in [6, 6.07) is 2.00. The number of carboxylic acid groups (broad SMARTS) is 1. The lowest BCUT2D eigenvalue weighted by Gasteiger charge is -2.21. The maximum absolute atomic E-state index is 11.1. The fourth-order valence-corrected chi connectivity index (χ4v) is 3.27. The van der Waals surface area contributed by atoms with Gasteiger partial charge in [-0.1, -0.05) is 53.4 Å². The summed E-state index contributed by atoms with van der Waals surface area (Å²) < 4.78 is 5.16. The summed E-state index contributed by atoms with van der Waals surface area (Å²) in [5.74, 6) is 0.564. The summed E-state index contributed by atoms with van der Waals surface area (Å²) in [6.45, 7) is 8.71. The van der Waals surface area contributed by atoms with Crippen LogP contribution in [0.2, 0.25) is 0 Å². The Morgan fingerprint density at radius 2 is 1.43 bits per heavy atom. The Morgan fingerprint density at radius 3 is 1.96 bits per heavy atom. The first kappa shape index (κ1) is 19.5. The van der Waals surface area contributed by atoms with Crippen molar-refractivity contribution in [1.29, 1.82) is 0 Å². The second-order valence-electron chi connectivity index (χ2n) is 6.19. The molecule has 3 nitrogen and oxygen atoms in total. The van der Waals surface area contributed by atoms with E-state index >= 15 is 0 Å². The molecule has 0 fully saturated rings. The highest BCUT2D eigenvalue weighted by atomic mass is 16.7. The Balaban J connectivity index is 3.48. The molecule has 3 heteroatoms. The van der Waals surface area contributed by atoms with E-state index in [2.05, 4.69) is 27.7 Å². The average Bonchev–Trinajstić information content (AvgIpc) is 2.51. The van der Waals surface area contributed by atoms with Crippen molar-refractivity contribution in [3.8, 4) is 5.75 Å². The first-order chi connectivity index (χ1) is 11.1. The van der Waals surface area contributed by atoms with Crippen LogP contribution in [0, 0.1) is 0 Å². The van der Waals surface area contributed by atoms with Gasteiger partial charge in [0.2, 0.25) is 0 Å². The van der Waals surface area contributed by atoms with Gasteiger partial charge >= 0.3 is 6.16 Å². The highest BCUT2D eigenvalue weighted by Gasteiger charge is 2.19. The number of ether oxygens (including phenoxy) is 1. The molecule has 0 aliphatic heterocycles. The predicted octanol–water partition coefficient (Wildman–Crippen LogP) is 5.94. The van der Waals surface area contributed by atoms with Crippen LogP contribution in [0.5, 0.6) is 5.75 Å². The highest BCUT2D eigenvalue weighted by molar-refractivity contribution is 5.64. The standard InChI is InChI=1S/C20H32O3/c1-5-9-13-15-14-19(23-20(21)22)18(12-8-4)17(11-7-3)16(15)10-6-2/h14H,5-13H2,1-4H3,(H,21,22). The van der Waals surface area contributed by atoms with Gasteiger partial charge in [-0.3, -0.25) is 0 Å². The van der Waals surface area contributed by atoms with E-state index in [0.717, 1.165) is 63.4 Å². The zero-order chi connectivity index (χ0) is 17.2. The molecule has 0 unspecified atom stereocenters. The van der Waals surface area contributed by atoms with Crippen LogP contribution in [0.4, 0.5) is 4.79 Å². The highest BCUT2D eigenvalue weighted by Crippen LogP contribution is 2.33. The summed E-state index contributed by atoms with van der Waals surface area (Å²) in [5.41, 5.74) is 5.19. The number of hydrogen-bond acceptors (Lipinski definition) is 2. The van der Waals surface area contributed by atoms with Crippen LogP contribution >= 0.6 is 0 Å². The zero-order valence-electron chi connectivity index (χ0n) is 15.2. The molecular weight excluding hydrogens is 288 g/mol. The number of carbonyl (C=O) groups is 1. The molecule has 0 spiro atoms. The van der Waals surface area contributed by atoms with Gasteiger partial charge in [0.05, 0.1) is 0 Å². The fourth-order valence-electron chi connectivity index (χ4n) is 3.27. The molecule has 0 heterocycles. The van der Waals surface area contributed by atoms with Crippen LogP contribution in [-0.2, 0) is 25.7 Å². The normalized spacial score (nSPS) is 10.8. The molecule has 0 saturated carbocycles. The molecule has 0 atom stereocenters. The van der Waals surface area contributed by atoms with Gasteiger partial charge in [0.15, 0.2) is 0 Å². The molecule has 1 N–H and O–H groups in total. The van der Waals surface area contributed by atoms with E-state index in [-0.39, 0.29) is 0 Å². The van der Waals surface area contributed by atoms with Crippen molar-refractivity contribution >= 4 is 6.16 Å². The fraction of sp³-hybridized carbons (Fsp3) is 0.650. The van der Waals surface area contributed by atoms with E-state index in [1.54, 1.807) is 0 Å². The van der Waals surface area contributed by atoms with Crippen LogP contribution in [0.15, 0.2) is 6.07 Å². The van der Waals surface area contributed by atoms with Gasteiger partial charge < -0.3 is 9.84 Å². The molecule has 1 rings (SSSR count). The van der Waals surface area contributed by atoms with E-state index in [9.17, 15) is 4.79 Å². The summed E-state index contributed by atoms with van der Waals surface area (Å²) in [6.07, 6.45) is 8.17. The second-order valence-corrected chi connectivity index (χ2v) is 6.19. The lowest BCUT2D eigenvalue weighted by Crippen LogP contribution is -2.11. The summed E-state index contributed by atoms with van der Waals surface area (Å²) >= 11 is 0. The number of benzene rings is 1. The Morgan fingerprint density at radius 1 is 0.870 bits per heavy atom. The van der Waals surface area contributed by atoms with E-state index in [1.165, 1.54) is 16.7 Å². The minimum absolute atomic E-state index is 0.564. The predicted molar refractivity (Wildman–Crippen MR) is 95.7 cm³/mol.